The number of fused-ring (bicyclic) bond motifs is 1. The van der Waals surface area contributed by atoms with Crippen LogP contribution >= 0.6 is 0 Å². The first kappa shape index (κ1) is 25.9. The van der Waals surface area contributed by atoms with Gasteiger partial charge in [0.1, 0.15) is 0 Å². The number of nitrogens with zero attached hydrogens (tertiary/aromatic N) is 2. The summed E-state index contributed by atoms with van der Waals surface area (Å²) in [5, 5.41) is 7.67. The number of aromatic nitrogens is 2. The molecule has 3 rings (SSSR count). The van der Waals surface area contributed by atoms with E-state index in [9.17, 15) is 18.0 Å². The van der Waals surface area contributed by atoms with Gasteiger partial charge in [0.15, 0.2) is 9.84 Å². The largest absolute Gasteiger partial charge is 0.462 e. The van der Waals surface area contributed by atoms with Crippen LogP contribution in [0.5, 0.6) is 0 Å². The Morgan fingerprint density at radius 3 is 2.79 bits per heavy atom. The molecule has 1 N–H and O–H groups in total. The van der Waals surface area contributed by atoms with Gasteiger partial charge in [-0.1, -0.05) is 13.0 Å². The van der Waals surface area contributed by atoms with E-state index in [4.69, 9.17) is 14.6 Å². The van der Waals surface area contributed by atoms with Crippen LogP contribution < -0.4 is 5.32 Å². The van der Waals surface area contributed by atoms with Gasteiger partial charge in [-0.3, -0.25) is 9.48 Å². The van der Waals surface area contributed by atoms with Crippen molar-refractivity contribution in [3.63, 3.8) is 0 Å². The number of unbranched alkanes of at least 4 members (excludes halogenated alkanes) is 1. The van der Waals surface area contributed by atoms with Gasteiger partial charge >= 0.3 is 5.97 Å². The molecule has 1 aromatic heterocycles. The van der Waals surface area contributed by atoms with Crippen molar-refractivity contribution in [1.29, 1.82) is 0 Å². The summed E-state index contributed by atoms with van der Waals surface area (Å²) in [5.41, 5.74) is 2.61. The Morgan fingerprint density at radius 1 is 1.24 bits per heavy atom. The highest BCUT2D eigenvalue weighted by atomic mass is 32.2. The summed E-state index contributed by atoms with van der Waals surface area (Å²) in [6, 6.07) is 5.83. The third-order valence-electron chi connectivity index (χ3n) is 5.64. The van der Waals surface area contributed by atoms with Crippen molar-refractivity contribution in [3.8, 4) is 0 Å². The molecule has 2 heterocycles. The van der Waals surface area contributed by atoms with Crippen LogP contribution in [0.15, 0.2) is 29.2 Å². The van der Waals surface area contributed by atoms with Crippen molar-refractivity contribution in [2.45, 2.75) is 56.9 Å². The number of carbonyl (C=O) groups is 2. The zero-order valence-corrected chi connectivity index (χ0v) is 20.7. The maximum Gasteiger partial charge on any atom is 0.338 e. The molecule has 0 bridgehead atoms. The SMILES string of the molecule is CCc1nn(CCCCOC(=O)c2cccc(S(C)(=O)=O)c2)c2c1C(=O)NCCCOCCC2. The summed E-state index contributed by atoms with van der Waals surface area (Å²) < 4.78 is 36.2. The number of esters is 1. The number of aryl methyl sites for hydroxylation is 2. The first-order valence-corrected chi connectivity index (χ1v) is 13.6. The second kappa shape index (κ2) is 12.1. The summed E-state index contributed by atoms with van der Waals surface area (Å²) in [5.74, 6) is -0.631. The fraction of sp³-hybridized carbons (Fsp3) is 0.542. The standard InChI is InChI=1S/C24H33N3O6S/c1-3-20-22-21(11-7-14-32-15-8-12-25-23(22)28)27(26-20)13-4-5-16-33-24(29)18-9-6-10-19(17-18)34(2,30)31/h6,9-10,17H,3-5,7-8,11-16H2,1-2H3,(H,25,28). The molecule has 9 nitrogen and oxygen atoms in total. The topological polar surface area (TPSA) is 117 Å². The number of hydrogen-bond acceptors (Lipinski definition) is 7. The maximum absolute atomic E-state index is 12.8. The molecule has 1 aromatic carbocycles. The number of hydrogen-bond donors (Lipinski definition) is 1. The normalized spacial score (nSPS) is 15.2. The molecule has 0 saturated heterocycles. The molecule has 0 saturated carbocycles. The van der Waals surface area contributed by atoms with Gasteiger partial charge in [0.25, 0.3) is 5.91 Å². The van der Waals surface area contributed by atoms with E-state index < -0.39 is 15.8 Å². The first-order chi connectivity index (χ1) is 16.3. The summed E-state index contributed by atoms with van der Waals surface area (Å²) >= 11 is 0. The van der Waals surface area contributed by atoms with Crippen LogP contribution in [-0.2, 0) is 38.7 Å². The lowest BCUT2D eigenvalue weighted by Crippen LogP contribution is -2.26. The molecule has 186 valence electrons. The molecule has 0 aliphatic carbocycles. The lowest BCUT2D eigenvalue weighted by atomic mass is 10.1. The van der Waals surface area contributed by atoms with Gasteiger partial charge in [0.2, 0.25) is 0 Å². The minimum absolute atomic E-state index is 0.0785. The first-order valence-electron chi connectivity index (χ1n) is 11.7. The second-order valence-electron chi connectivity index (χ2n) is 8.31. The van der Waals surface area contributed by atoms with E-state index in [1.165, 1.54) is 24.3 Å². The molecular weight excluding hydrogens is 458 g/mol. The van der Waals surface area contributed by atoms with Crippen LogP contribution in [0.25, 0.3) is 0 Å². The Balaban J connectivity index is 1.58. The number of benzene rings is 1. The predicted octanol–water partition coefficient (Wildman–Crippen LogP) is 2.57. The van der Waals surface area contributed by atoms with Crippen molar-refractivity contribution < 1.29 is 27.5 Å². The van der Waals surface area contributed by atoms with Crippen LogP contribution in [0.4, 0.5) is 0 Å². The zero-order valence-electron chi connectivity index (χ0n) is 19.8. The molecular formula is C24H33N3O6S. The zero-order chi connectivity index (χ0) is 24.6. The Morgan fingerprint density at radius 2 is 2.03 bits per heavy atom. The summed E-state index contributed by atoms with van der Waals surface area (Å²) in [4.78, 5) is 25.2. The van der Waals surface area contributed by atoms with Crippen molar-refractivity contribution in [3.05, 3.63) is 46.8 Å². The van der Waals surface area contributed by atoms with Gasteiger partial charge in [-0.05, 0) is 56.7 Å². The van der Waals surface area contributed by atoms with E-state index in [1.807, 2.05) is 11.6 Å². The Kier molecular flexibility index (Phi) is 9.23. The maximum atomic E-state index is 12.8. The third-order valence-corrected chi connectivity index (χ3v) is 6.75. The number of rotatable bonds is 8. The van der Waals surface area contributed by atoms with Gasteiger partial charge in [-0.25, -0.2) is 13.2 Å². The predicted molar refractivity (Wildman–Crippen MR) is 127 cm³/mol. The third kappa shape index (κ3) is 6.89. The average Bonchev–Trinajstić information content (AvgIpc) is 3.15. The van der Waals surface area contributed by atoms with E-state index in [0.717, 1.165) is 30.5 Å². The highest BCUT2D eigenvalue weighted by Crippen LogP contribution is 2.19. The average molecular weight is 492 g/mol. The number of amides is 1. The quantitative estimate of drug-likeness (QED) is 0.446. The molecule has 1 amide bonds. The Bertz CT molecular complexity index is 1110. The molecule has 34 heavy (non-hydrogen) atoms. The van der Waals surface area contributed by atoms with E-state index in [2.05, 4.69) is 5.32 Å². The molecule has 1 aliphatic heterocycles. The lowest BCUT2D eigenvalue weighted by Gasteiger charge is -2.10. The van der Waals surface area contributed by atoms with Gasteiger partial charge < -0.3 is 14.8 Å². The van der Waals surface area contributed by atoms with Crippen LogP contribution in [0.3, 0.4) is 0 Å². The Hall–Kier alpha value is -2.72. The van der Waals surface area contributed by atoms with E-state index in [0.29, 0.717) is 57.6 Å². The van der Waals surface area contributed by atoms with Crippen LogP contribution in [0.1, 0.15) is 64.7 Å². The lowest BCUT2D eigenvalue weighted by molar-refractivity contribution is 0.0496. The van der Waals surface area contributed by atoms with Crippen molar-refractivity contribution in [2.24, 2.45) is 0 Å². The van der Waals surface area contributed by atoms with E-state index in [-0.39, 0.29) is 23.0 Å². The number of ether oxygens (including phenoxy) is 2. The number of sulfone groups is 1. The monoisotopic (exact) mass is 491 g/mol. The molecule has 0 fully saturated rings. The smallest absolute Gasteiger partial charge is 0.338 e. The summed E-state index contributed by atoms with van der Waals surface area (Å²) in [6.45, 7) is 4.67. The molecule has 1 aliphatic rings. The van der Waals surface area contributed by atoms with Crippen molar-refractivity contribution in [2.75, 3.05) is 32.6 Å². The molecule has 0 radical (unpaired) electrons. The number of nitrogens with one attached hydrogen (secondary N) is 1. The molecule has 0 spiro atoms. The van der Waals surface area contributed by atoms with Gasteiger partial charge in [0.05, 0.1) is 34.0 Å². The molecule has 0 atom stereocenters. The molecule has 2 aromatic rings. The fourth-order valence-corrected chi connectivity index (χ4v) is 4.54. The van der Waals surface area contributed by atoms with Gasteiger partial charge in [-0.15, -0.1) is 0 Å². The van der Waals surface area contributed by atoms with Crippen LogP contribution in [0.2, 0.25) is 0 Å². The van der Waals surface area contributed by atoms with E-state index >= 15 is 0 Å². The highest BCUT2D eigenvalue weighted by Gasteiger charge is 2.22. The van der Waals surface area contributed by atoms with Crippen molar-refractivity contribution in [1.82, 2.24) is 15.1 Å². The minimum Gasteiger partial charge on any atom is -0.462 e. The summed E-state index contributed by atoms with van der Waals surface area (Å²) in [6.07, 6.45) is 5.41. The molecule has 10 heteroatoms. The van der Waals surface area contributed by atoms with E-state index in [1.54, 1.807) is 0 Å². The van der Waals surface area contributed by atoms with Gasteiger partial charge in [-0.2, -0.15) is 5.10 Å². The highest BCUT2D eigenvalue weighted by molar-refractivity contribution is 7.90. The minimum atomic E-state index is -3.40. The summed E-state index contributed by atoms with van der Waals surface area (Å²) in [7, 11) is -3.40. The number of carbonyl (C=O) groups excluding carboxylic acids is 2. The second-order valence-corrected chi connectivity index (χ2v) is 10.3. The molecule has 0 unspecified atom stereocenters. The fourth-order valence-electron chi connectivity index (χ4n) is 3.87. The Labute approximate surface area is 200 Å². The van der Waals surface area contributed by atoms with Crippen LogP contribution in [0, 0.1) is 0 Å². The van der Waals surface area contributed by atoms with Crippen LogP contribution in [-0.4, -0.2) is 62.7 Å². The van der Waals surface area contributed by atoms with Crippen molar-refractivity contribution >= 4 is 21.7 Å². The van der Waals surface area contributed by atoms with Gasteiger partial charge in [0, 0.05) is 32.6 Å².